The first-order valence-electron chi connectivity index (χ1n) is 12.2. The van der Waals surface area contributed by atoms with Gasteiger partial charge in [-0.05, 0) is 71.5 Å². The summed E-state index contributed by atoms with van der Waals surface area (Å²) in [5.41, 5.74) is 2.95. The molecule has 6 atom stereocenters. The predicted molar refractivity (Wildman–Crippen MR) is 127 cm³/mol. The summed E-state index contributed by atoms with van der Waals surface area (Å²) in [6.07, 6.45) is 3.93. The van der Waals surface area contributed by atoms with Crippen LogP contribution in [-0.4, -0.2) is 18.3 Å². The Morgan fingerprint density at radius 1 is 0.594 bits per heavy atom. The number of aliphatic hydroxyl groups excluding tert-OH is 1. The molecular weight excluding hydrogens is 392 g/mol. The van der Waals surface area contributed by atoms with Gasteiger partial charge in [-0.15, -0.1) is 0 Å². The molecule has 3 aromatic rings. The van der Waals surface area contributed by atoms with Gasteiger partial charge in [0.15, 0.2) is 0 Å². The molecular formula is C30H32O2. The number of rotatable bonds is 9. The van der Waals surface area contributed by atoms with Crippen LogP contribution in [0.15, 0.2) is 91.0 Å². The van der Waals surface area contributed by atoms with Crippen LogP contribution < -0.4 is 0 Å². The van der Waals surface area contributed by atoms with E-state index in [2.05, 4.69) is 91.0 Å². The Bertz CT molecular complexity index is 936. The number of aliphatic hydroxyl groups is 1. The monoisotopic (exact) mass is 424 g/mol. The highest BCUT2D eigenvalue weighted by atomic mass is 16.5. The molecule has 164 valence electrons. The number of ether oxygens (including phenoxy) is 1. The van der Waals surface area contributed by atoms with Crippen LogP contribution in [0.1, 0.15) is 36.0 Å². The Hall–Kier alpha value is -2.42. The normalized spacial score (nSPS) is 30.7. The summed E-state index contributed by atoms with van der Waals surface area (Å²) in [5, 5.41) is 9.42. The molecule has 0 radical (unpaired) electrons. The fourth-order valence-electron chi connectivity index (χ4n) is 6.21. The minimum Gasteiger partial charge on any atom is -0.396 e. The highest BCUT2D eigenvalue weighted by Crippen LogP contribution is 2.66. The molecule has 0 aliphatic heterocycles. The molecule has 32 heavy (non-hydrogen) atoms. The van der Waals surface area contributed by atoms with Gasteiger partial charge in [0, 0.05) is 6.61 Å². The zero-order chi connectivity index (χ0) is 21.5. The number of hydrogen-bond acceptors (Lipinski definition) is 2. The first-order chi connectivity index (χ1) is 15.8. The van der Waals surface area contributed by atoms with Gasteiger partial charge >= 0.3 is 0 Å². The quantitative estimate of drug-likeness (QED) is 0.434. The molecule has 0 amide bonds. The maximum atomic E-state index is 9.42. The molecule has 3 aliphatic carbocycles. The Morgan fingerprint density at radius 2 is 1.03 bits per heavy atom. The molecule has 0 saturated heterocycles. The van der Waals surface area contributed by atoms with E-state index in [9.17, 15) is 5.11 Å². The van der Waals surface area contributed by atoms with E-state index >= 15 is 0 Å². The zero-order valence-electron chi connectivity index (χ0n) is 18.5. The van der Waals surface area contributed by atoms with Crippen molar-refractivity contribution in [1.29, 1.82) is 0 Å². The lowest BCUT2D eigenvalue weighted by Crippen LogP contribution is -2.33. The molecule has 0 bridgehead atoms. The van der Waals surface area contributed by atoms with Gasteiger partial charge in [-0.2, -0.15) is 0 Å². The molecule has 0 heterocycles. The maximum absolute atomic E-state index is 9.42. The minimum atomic E-state index is -0.599. The third-order valence-electron chi connectivity index (χ3n) is 8.23. The molecule has 6 rings (SSSR count). The summed E-state index contributed by atoms with van der Waals surface area (Å²) < 4.78 is 7.03. The molecule has 3 saturated carbocycles. The molecule has 3 fully saturated rings. The number of benzene rings is 3. The molecule has 0 spiro atoms. The fourth-order valence-corrected chi connectivity index (χ4v) is 6.21. The van der Waals surface area contributed by atoms with Crippen molar-refractivity contribution in [2.75, 3.05) is 13.2 Å². The lowest BCUT2D eigenvalue weighted by molar-refractivity contribution is 0.00382. The average Bonchev–Trinajstić information content (AvgIpc) is 3.73. The van der Waals surface area contributed by atoms with Gasteiger partial charge in [-0.1, -0.05) is 91.0 Å². The van der Waals surface area contributed by atoms with E-state index in [0.717, 1.165) is 30.3 Å². The van der Waals surface area contributed by atoms with E-state index < -0.39 is 5.60 Å². The third kappa shape index (κ3) is 3.60. The van der Waals surface area contributed by atoms with Crippen molar-refractivity contribution >= 4 is 0 Å². The molecule has 2 nitrogen and oxygen atoms in total. The Balaban J connectivity index is 1.26. The van der Waals surface area contributed by atoms with Crippen LogP contribution in [0.4, 0.5) is 0 Å². The highest BCUT2D eigenvalue weighted by molar-refractivity contribution is 5.47. The van der Waals surface area contributed by atoms with Gasteiger partial charge in [0.1, 0.15) is 5.60 Å². The SMILES string of the molecule is OC[C@H]1C[C@@H]1[C@H]1C[C@@H]1[C@H]1C[C@@H]1COC(c1ccccc1)(c1ccccc1)c1ccccc1. The van der Waals surface area contributed by atoms with E-state index in [1.807, 2.05) is 0 Å². The Morgan fingerprint density at radius 3 is 1.47 bits per heavy atom. The highest BCUT2D eigenvalue weighted by Gasteiger charge is 2.60. The van der Waals surface area contributed by atoms with Crippen molar-refractivity contribution in [3.05, 3.63) is 108 Å². The predicted octanol–water partition coefficient (Wildman–Crippen LogP) is 5.90. The minimum absolute atomic E-state index is 0.388. The topological polar surface area (TPSA) is 29.5 Å². The summed E-state index contributed by atoms with van der Waals surface area (Å²) in [6.45, 7) is 1.18. The van der Waals surface area contributed by atoms with Crippen molar-refractivity contribution in [3.63, 3.8) is 0 Å². The summed E-state index contributed by atoms with van der Waals surface area (Å²) in [5.74, 6) is 4.64. The largest absolute Gasteiger partial charge is 0.396 e. The summed E-state index contributed by atoms with van der Waals surface area (Å²) >= 11 is 0. The Kier molecular flexibility index (Phi) is 5.16. The van der Waals surface area contributed by atoms with Crippen molar-refractivity contribution in [1.82, 2.24) is 0 Å². The van der Waals surface area contributed by atoms with Gasteiger partial charge in [-0.3, -0.25) is 0 Å². The van der Waals surface area contributed by atoms with Gasteiger partial charge in [-0.25, -0.2) is 0 Å². The zero-order valence-corrected chi connectivity index (χ0v) is 18.5. The van der Waals surface area contributed by atoms with E-state index in [1.165, 1.54) is 36.0 Å². The van der Waals surface area contributed by atoms with Crippen LogP contribution >= 0.6 is 0 Å². The van der Waals surface area contributed by atoms with Crippen LogP contribution in [-0.2, 0) is 10.3 Å². The smallest absolute Gasteiger partial charge is 0.143 e. The summed E-state index contributed by atoms with van der Waals surface area (Å²) in [4.78, 5) is 0. The molecule has 0 unspecified atom stereocenters. The average molecular weight is 425 g/mol. The van der Waals surface area contributed by atoms with E-state index in [0.29, 0.717) is 18.4 Å². The van der Waals surface area contributed by atoms with E-state index in [1.54, 1.807) is 0 Å². The molecule has 0 aromatic heterocycles. The second kappa shape index (κ2) is 8.17. The van der Waals surface area contributed by atoms with Crippen LogP contribution in [0.3, 0.4) is 0 Å². The van der Waals surface area contributed by atoms with Gasteiger partial charge in [0.25, 0.3) is 0 Å². The fraction of sp³-hybridized carbons (Fsp3) is 0.400. The summed E-state index contributed by atoms with van der Waals surface area (Å²) in [7, 11) is 0. The van der Waals surface area contributed by atoms with Crippen LogP contribution in [0, 0.1) is 35.5 Å². The van der Waals surface area contributed by atoms with Crippen LogP contribution in [0.5, 0.6) is 0 Å². The van der Waals surface area contributed by atoms with Crippen LogP contribution in [0.2, 0.25) is 0 Å². The van der Waals surface area contributed by atoms with Crippen molar-refractivity contribution in [2.45, 2.75) is 24.9 Å². The maximum Gasteiger partial charge on any atom is 0.143 e. The van der Waals surface area contributed by atoms with E-state index in [4.69, 9.17) is 4.74 Å². The third-order valence-corrected chi connectivity index (χ3v) is 8.23. The van der Waals surface area contributed by atoms with Crippen molar-refractivity contribution in [2.24, 2.45) is 35.5 Å². The lowest BCUT2D eigenvalue weighted by Gasteiger charge is -2.36. The summed E-state index contributed by atoms with van der Waals surface area (Å²) in [6, 6.07) is 32.1. The lowest BCUT2D eigenvalue weighted by atomic mass is 9.80. The standard InChI is InChI=1S/C30H32O2/c31-19-21-16-26(21)28-18-29(28)27-17-22(27)20-32-30(23-10-4-1-5-11-23,24-12-6-2-7-13-24)25-14-8-3-9-15-25/h1-15,21-22,26-29,31H,16-20H2/t21-,22-,26+,27+,28-,29-/m1/s1. The first-order valence-corrected chi connectivity index (χ1v) is 12.2. The van der Waals surface area contributed by atoms with Gasteiger partial charge < -0.3 is 9.84 Å². The van der Waals surface area contributed by atoms with Crippen molar-refractivity contribution in [3.8, 4) is 0 Å². The van der Waals surface area contributed by atoms with E-state index in [-0.39, 0.29) is 0 Å². The van der Waals surface area contributed by atoms with Crippen molar-refractivity contribution < 1.29 is 9.84 Å². The molecule has 3 aliphatic rings. The second-order valence-electron chi connectivity index (χ2n) is 10.2. The molecule has 1 N–H and O–H groups in total. The Labute approximate surface area is 191 Å². The first kappa shape index (κ1) is 20.2. The molecule has 2 heteroatoms. The van der Waals surface area contributed by atoms with Gasteiger partial charge in [0.2, 0.25) is 0 Å². The van der Waals surface area contributed by atoms with Crippen LogP contribution in [0.25, 0.3) is 0 Å². The molecule has 3 aromatic carbocycles. The second-order valence-corrected chi connectivity index (χ2v) is 10.2. The van der Waals surface area contributed by atoms with Gasteiger partial charge in [0.05, 0.1) is 6.61 Å². The number of hydrogen-bond donors (Lipinski definition) is 1.